The van der Waals surface area contributed by atoms with Gasteiger partial charge in [0.25, 0.3) is 0 Å². The summed E-state index contributed by atoms with van der Waals surface area (Å²) in [5, 5.41) is 0. The van der Waals surface area contributed by atoms with Crippen molar-refractivity contribution in [1.29, 1.82) is 0 Å². The fourth-order valence-corrected chi connectivity index (χ4v) is 3.83. The fourth-order valence-electron chi connectivity index (χ4n) is 2.10. The summed E-state index contributed by atoms with van der Waals surface area (Å²) in [5.74, 6) is 1.13. The van der Waals surface area contributed by atoms with E-state index in [0.29, 0.717) is 6.10 Å². The Morgan fingerprint density at radius 1 is 1.77 bits per heavy atom. The standard InChI is InChI=1S/C9H15NOS2/c1-3-11-7-6-13-9(7)5-4-8(12)10(9)2/h7H,3-6H2,1-2H3/t7-,9+/m0/s1. The number of likely N-dealkylation sites (tertiary alicyclic amines) is 1. The Bertz CT molecular complexity index is 234. The molecule has 2 fully saturated rings. The lowest BCUT2D eigenvalue weighted by Gasteiger charge is -2.50. The summed E-state index contributed by atoms with van der Waals surface area (Å²) < 4.78 is 5.71. The molecule has 0 amide bonds. The molecule has 74 valence electrons. The number of hydrogen-bond donors (Lipinski definition) is 0. The molecule has 2 aliphatic heterocycles. The first-order valence-corrected chi connectivity index (χ1v) is 6.12. The van der Waals surface area contributed by atoms with Gasteiger partial charge in [0.15, 0.2) is 0 Å². The van der Waals surface area contributed by atoms with Crippen LogP contribution in [0.15, 0.2) is 0 Å². The predicted molar refractivity (Wildman–Crippen MR) is 60.2 cm³/mol. The topological polar surface area (TPSA) is 12.5 Å². The molecule has 13 heavy (non-hydrogen) atoms. The second-order valence-electron chi connectivity index (χ2n) is 3.55. The second-order valence-corrected chi connectivity index (χ2v) is 5.35. The molecule has 1 spiro atoms. The lowest BCUT2D eigenvalue weighted by Crippen LogP contribution is -2.59. The summed E-state index contributed by atoms with van der Waals surface area (Å²) in [6, 6.07) is 0. The minimum absolute atomic E-state index is 0.201. The molecule has 4 heteroatoms. The predicted octanol–water partition coefficient (Wildman–Crippen LogP) is 1.89. The molecule has 0 saturated carbocycles. The molecule has 2 nitrogen and oxygen atoms in total. The summed E-state index contributed by atoms with van der Waals surface area (Å²) in [5.41, 5.74) is 0. The van der Waals surface area contributed by atoms with Gasteiger partial charge >= 0.3 is 0 Å². The maximum Gasteiger partial charge on any atom is 0.114 e. The normalized spacial score (nSPS) is 38.5. The van der Waals surface area contributed by atoms with Gasteiger partial charge in [-0.3, -0.25) is 0 Å². The highest BCUT2D eigenvalue weighted by atomic mass is 32.2. The van der Waals surface area contributed by atoms with Crippen molar-refractivity contribution in [3.63, 3.8) is 0 Å². The molecule has 0 aromatic rings. The highest BCUT2D eigenvalue weighted by Gasteiger charge is 2.55. The number of nitrogens with zero attached hydrogens (tertiary/aromatic N) is 1. The number of rotatable bonds is 2. The van der Waals surface area contributed by atoms with Gasteiger partial charge in [0.1, 0.15) is 4.87 Å². The van der Waals surface area contributed by atoms with Gasteiger partial charge in [0.05, 0.1) is 11.1 Å². The van der Waals surface area contributed by atoms with Gasteiger partial charge in [0, 0.05) is 25.8 Å². The van der Waals surface area contributed by atoms with Gasteiger partial charge in [-0.05, 0) is 13.3 Å². The largest absolute Gasteiger partial charge is 0.374 e. The van der Waals surface area contributed by atoms with Crippen LogP contribution in [-0.2, 0) is 4.74 Å². The van der Waals surface area contributed by atoms with Crippen molar-refractivity contribution in [2.75, 3.05) is 19.4 Å². The fraction of sp³-hybridized carbons (Fsp3) is 0.889. The zero-order valence-electron chi connectivity index (χ0n) is 8.08. The van der Waals surface area contributed by atoms with Crippen LogP contribution in [0.25, 0.3) is 0 Å². The van der Waals surface area contributed by atoms with E-state index in [1.54, 1.807) is 0 Å². The van der Waals surface area contributed by atoms with Crippen LogP contribution in [0.1, 0.15) is 19.8 Å². The number of likely N-dealkylation sites (N-methyl/N-ethyl adjacent to an activating group) is 1. The minimum atomic E-state index is 0.201. The first-order valence-electron chi connectivity index (χ1n) is 4.73. The average Bonchev–Trinajstić information content (AvgIpc) is 2.41. The molecule has 0 aromatic heterocycles. The SMILES string of the molecule is CCO[C@H]1CS[C@]12CCC(=S)N2C. The van der Waals surface area contributed by atoms with E-state index >= 15 is 0 Å². The molecular formula is C9H15NOS2. The van der Waals surface area contributed by atoms with Gasteiger partial charge < -0.3 is 9.64 Å². The van der Waals surface area contributed by atoms with Crippen LogP contribution in [0.3, 0.4) is 0 Å². The third-order valence-electron chi connectivity index (χ3n) is 2.99. The molecule has 0 aliphatic carbocycles. The Kier molecular flexibility index (Phi) is 2.55. The summed E-state index contributed by atoms with van der Waals surface area (Å²) in [7, 11) is 2.10. The van der Waals surface area contributed by atoms with Crippen molar-refractivity contribution >= 4 is 29.0 Å². The van der Waals surface area contributed by atoms with Gasteiger partial charge in [-0.1, -0.05) is 12.2 Å². The molecule has 2 saturated heterocycles. The van der Waals surface area contributed by atoms with Gasteiger partial charge in [-0.15, -0.1) is 11.8 Å². The maximum absolute atomic E-state index is 5.71. The van der Waals surface area contributed by atoms with E-state index in [1.807, 2.05) is 11.8 Å². The Labute approximate surface area is 89.0 Å². The maximum atomic E-state index is 5.71. The zero-order valence-corrected chi connectivity index (χ0v) is 9.71. The smallest absolute Gasteiger partial charge is 0.114 e. The van der Waals surface area contributed by atoms with Gasteiger partial charge in [0.2, 0.25) is 0 Å². The monoisotopic (exact) mass is 217 g/mol. The van der Waals surface area contributed by atoms with Gasteiger partial charge in [-0.25, -0.2) is 0 Å². The Hall–Kier alpha value is 0.200. The van der Waals surface area contributed by atoms with E-state index in [2.05, 4.69) is 18.9 Å². The summed E-state index contributed by atoms with van der Waals surface area (Å²) in [6.45, 7) is 2.87. The van der Waals surface area contributed by atoms with Crippen molar-refractivity contribution < 1.29 is 4.74 Å². The van der Waals surface area contributed by atoms with E-state index < -0.39 is 0 Å². The molecule has 2 rings (SSSR count). The number of ether oxygens (including phenoxy) is 1. The molecule has 0 radical (unpaired) electrons. The molecule has 2 heterocycles. The molecule has 0 unspecified atom stereocenters. The summed E-state index contributed by atoms with van der Waals surface area (Å²) in [4.78, 5) is 3.54. The van der Waals surface area contributed by atoms with Crippen LogP contribution in [0.5, 0.6) is 0 Å². The van der Waals surface area contributed by atoms with Crippen LogP contribution in [0, 0.1) is 0 Å². The van der Waals surface area contributed by atoms with Crippen molar-refractivity contribution in [1.82, 2.24) is 4.90 Å². The minimum Gasteiger partial charge on any atom is -0.374 e. The first-order chi connectivity index (χ1) is 6.20. The summed E-state index contributed by atoms with van der Waals surface area (Å²) >= 11 is 7.27. The van der Waals surface area contributed by atoms with E-state index in [4.69, 9.17) is 17.0 Å². The Balaban J connectivity index is 2.08. The molecule has 2 atom stereocenters. The van der Waals surface area contributed by atoms with Crippen LogP contribution in [0.2, 0.25) is 0 Å². The molecule has 0 N–H and O–H groups in total. The van der Waals surface area contributed by atoms with Crippen molar-refractivity contribution in [3.8, 4) is 0 Å². The lowest BCUT2D eigenvalue weighted by molar-refractivity contribution is 0.00754. The zero-order chi connectivity index (χ0) is 9.47. The van der Waals surface area contributed by atoms with E-state index in [0.717, 1.165) is 30.2 Å². The average molecular weight is 217 g/mol. The molecule has 2 aliphatic rings. The highest BCUT2D eigenvalue weighted by Crippen LogP contribution is 2.51. The Morgan fingerprint density at radius 3 is 2.92 bits per heavy atom. The molecule has 0 aromatic carbocycles. The third kappa shape index (κ3) is 1.30. The van der Waals surface area contributed by atoms with Gasteiger partial charge in [-0.2, -0.15) is 0 Å². The Morgan fingerprint density at radius 2 is 2.54 bits per heavy atom. The first kappa shape index (κ1) is 9.74. The molecular weight excluding hydrogens is 202 g/mol. The van der Waals surface area contributed by atoms with Crippen LogP contribution in [0.4, 0.5) is 0 Å². The highest BCUT2D eigenvalue weighted by molar-refractivity contribution is 8.02. The number of hydrogen-bond acceptors (Lipinski definition) is 3. The van der Waals surface area contributed by atoms with Crippen LogP contribution in [-0.4, -0.2) is 40.3 Å². The van der Waals surface area contributed by atoms with Crippen molar-refractivity contribution in [3.05, 3.63) is 0 Å². The summed E-state index contributed by atoms with van der Waals surface area (Å²) in [6.07, 6.45) is 2.62. The second kappa shape index (κ2) is 3.41. The van der Waals surface area contributed by atoms with E-state index in [1.165, 1.54) is 0 Å². The van der Waals surface area contributed by atoms with E-state index in [-0.39, 0.29) is 4.87 Å². The van der Waals surface area contributed by atoms with Crippen LogP contribution < -0.4 is 0 Å². The quantitative estimate of drug-likeness (QED) is 0.655. The molecule has 0 bridgehead atoms. The van der Waals surface area contributed by atoms with Crippen LogP contribution >= 0.6 is 24.0 Å². The van der Waals surface area contributed by atoms with Crippen molar-refractivity contribution in [2.45, 2.75) is 30.7 Å². The van der Waals surface area contributed by atoms with Crippen molar-refractivity contribution in [2.24, 2.45) is 0 Å². The number of thiocarbonyl (C=S) groups is 1. The lowest BCUT2D eigenvalue weighted by atomic mass is 10.1. The number of thioether (sulfide) groups is 1. The van der Waals surface area contributed by atoms with E-state index in [9.17, 15) is 0 Å². The third-order valence-corrected chi connectivity index (χ3v) is 5.18.